The van der Waals surface area contributed by atoms with Crippen molar-refractivity contribution in [2.75, 3.05) is 6.54 Å². The number of carbonyl (C=O) groups is 2. The second-order valence-electron chi connectivity index (χ2n) is 6.67. The first kappa shape index (κ1) is 18.5. The zero-order valence-electron chi connectivity index (χ0n) is 14.6. The van der Waals surface area contributed by atoms with Crippen LogP contribution in [-0.2, 0) is 6.42 Å². The van der Waals surface area contributed by atoms with Crippen molar-refractivity contribution in [3.8, 4) is 0 Å². The van der Waals surface area contributed by atoms with Gasteiger partial charge in [-0.1, -0.05) is 42.6 Å². The minimum atomic E-state index is -0.172. The zero-order valence-corrected chi connectivity index (χ0v) is 15.4. The molecule has 3 rings (SSSR count). The summed E-state index contributed by atoms with van der Waals surface area (Å²) in [5, 5.41) is 6.65. The molecule has 0 heterocycles. The fraction of sp³-hybridized carbons (Fsp3) is 0.333. The number of carbonyl (C=O) groups excluding carboxylic acids is 2. The molecule has 0 radical (unpaired) electrons. The van der Waals surface area contributed by atoms with Crippen LogP contribution in [-0.4, -0.2) is 24.4 Å². The summed E-state index contributed by atoms with van der Waals surface area (Å²) in [7, 11) is 0. The van der Waals surface area contributed by atoms with Crippen molar-refractivity contribution in [1.29, 1.82) is 0 Å². The Morgan fingerprint density at radius 3 is 2.31 bits per heavy atom. The van der Waals surface area contributed by atoms with Gasteiger partial charge in [0.05, 0.1) is 0 Å². The molecule has 0 saturated heterocycles. The van der Waals surface area contributed by atoms with E-state index in [2.05, 4.69) is 10.6 Å². The second-order valence-corrected chi connectivity index (χ2v) is 7.10. The fourth-order valence-electron chi connectivity index (χ4n) is 3.21. The van der Waals surface area contributed by atoms with E-state index in [4.69, 9.17) is 11.6 Å². The van der Waals surface area contributed by atoms with Gasteiger partial charge in [-0.3, -0.25) is 9.59 Å². The number of hydrogen-bond acceptors (Lipinski definition) is 2. The van der Waals surface area contributed by atoms with Gasteiger partial charge in [-0.25, -0.2) is 0 Å². The van der Waals surface area contributed by atoms with Gasteiger partial charge in [0.2, 0.25) is 0 Å². The van der Waals surface area contributed by atoms with Crippen LogP contribution >= 0.6 is 11.6 Å². The highest BCUT2D eigenvalue weighted by Gasteiger charge is 2.18. The molecular weight excluding hydrogens is 348 g/mol. The third kappa shape index (κ3) is 5.09. The highest BCUT2D eigenvalue weighted by molar-refractivity contribution is 6.30. The van der Waals surface area contributed by atoms with Crippen LogP contribution in [0.25, 0.3) is 0 Å². The zero-order chi connectivity index (χ0) is 18.4. The summed E-state index contributed by atoms with van der Waals surface area (Å²) in [5.41, 5.74) is 2.14. The van der Waals surface area contributed by atoms with Gasteiger partial charge in [-0.15, -0.1) is 0 Å². The minimum Gasteiger partial charge on any atom is -0.352 e. The first-order valence-electron chi connectivity index (χ1n) is 9.05. The lowest BCUT2D eigenvalue weighted by Crippen LogP contribution is -2.33. The van der Waals surface area contributed by atoms with E-state index >= 15 is 0 Å². The van der Waals surface area contributed by atoms with E-state index in [0.717, 1.165) is 24.8 Å². The van der Waals surface area contributed by atoms with Gasteiger partial charge in [-0.05, 0) is 55.2 Å². The Labute approximate surface area is 158 Å². The maximum atomic E-state index is 12.3. The second kappa shape index (κ2) is 8.86. The predicted octanol–water partition coefficient (Wildman–Crippen LogP) is 3.98. The van der Waals surface area contributed by atoms with E-state index in [1.807, 2.05) is 24.3 Å². The fourth-order valence-corrected chi connectivity index (χ4v) is 3.34. The van der Waals surface area contributed by atoms with Crippen LogP contribution in [0.1, 0.15) is 52.0 Å². The van der Waals surface area contributed by atoms with Gasteiger partial charge in [-0.2, -0.15) is 0 Å². The summed E-state index contributed by atoms with van der Waals surface area (Å²) >= 11 is 5.87. The van der Waals surface area contributed by atoms with Crippen molar-refractivity contribution in [2.24, 2.45) is 0 Å². The van der Waals surface area contributed by atoms with Crippen molar-refractivity contribution in [3.05, 3.63) is 70.2 Å². The van der Waals surface area contributed by atoms with Gasteiger partial charge >= 0.3 is 0 Å². The van der Waals surface area contributed by atoms with Gasteiger partial charge in [0.1, 0.15) is 0 Å². The number of hydrogen-bond donors (Lipinski definition) is 2. The Morgan fingerprint density at radius 2 is 1.62 bits per heavy atom. The number of halogens is 1. The highest BCUT2D eigenvalue weighted by Crippen LogP contribution is 2.18. The first-order chi connectivity index (χ1) is 12.6. The number of amides is 2. The van der Waals surface area contributed by atoms with Crippen LogP contribution in [0.15, 0.2) is 48.5 Å². The molecule has 1 fully saturated rings. The maximum absolute atomic E-state index is 12.3. The van der Waals surface area contributed by atoms with E-state index < -0.39 is 0 Å². The van der Waals surface area contributed by atoms with E-state index in [0.29, 0.717) is 22.7 Å². The molecular formula is C21H23ClN2O2. The molecule has 1 aliphatic rings. The Hall–Kier alpha value is -2.33. The lowest BCUT2D eigenvalue weighted by atomic mass is 10.1. The van der Waals surface area contributed by atoms with Crippen molar-refractivity contribution in [1.82, 2.24) is 10.6 Å². The Balaban J connectivity index is 1.53. The molecule has 0 unspecified atom stereocenters. The Morgan fingerprint density at radius 1 is 0.962 bits per heavy atom. The molecule has 4 nitrogen and oxygen atoms in total. The summed E-state index contributed by atoms with van der Waals surface area (Å²) < 4.78 is 0. The molecule has 1 aliphatic carbocycles. The standard InChI is InChI=1S/C21H23ClN2O2/c22-18-10-8-15(9-11-18)12-13-23-20(25)16-4-3-5-17(14-16)21(26)24-19-6-1-2-7-19/h3-5,8-11,14,19H,1-2,6-7,12-13H2,(H,23,25)(H,24,26). The molecule has 0 bridgehead atoms. The van der Waals surface area contributed by atoms with Crippen LogP contribution in [0.2, 0.25) is 5.02 Å². The Kier molecular flexibility index (Phi) is 6.29. The molecule has 5 heteroatoms. The average Bonchev–Trinajstić information content (AvgIpc) is 3.16. The quantitative estimate of drug-likeness (QED) is 0.807. The molecule has 2 aromatic rings. The van der Waals surface area contributed by atoms with E-state index in [1.165, 1.54) is 12.8 Å². The number of rotatable bonds is 6. The summed E-state index contributed by atoms with van der Waals surface area (Å²) in [6, 6.07) is 14.7. The monoisotopic (exact) mass is 370 g/mol. The molecule has 26 heavy (non-hydrogen) atoms. The molecule has 1 saturated carbocycles. The van der Waals surface area contributed by atoms with Crippen molar-refractivity contribution in [2.45, 2.75) is 38.1 Å². The van der Waals surface area contributed by atoms with Gasteiger partial charge in [0.25, 0.3) is 11.8 Å². The van der Waals surface area contributed by atoms with Crippen LogP contribution in [0.5, 0.6) is 0 Å². The van der Waals surface area contributed by atoms with Crippen LogP contribution in [0.4, 0.5) is 0 Å². The van der Waals surface area contributed by atoms with Gasteiger partial charge in [0.15, 0.2) is 0 Å². The molecule has 0 aromatic heterocycles. The number of nitrogens with one attached hydrogen (secondary N) is 2. The summed E-state index contributed by atoms with van der Waals surface area (Å²) in [6.07, 6.45) is 5.14. The van der Waals surface area contributed by atoms with E-state index in [9.17, 15) is 9.59 Å². The van der Waals surface area contributed by atoms with Crippen molar-refractivity contribution in [3.63, 3.8) is 0 Å². The van der Waals surface area contributed by atoms with Crippen LogP contribution < -0.4 is 10.6 Å². The SMILES string of the molecule is O=C(NCCc1ccc(Cl)cc1)c1cccc(C(=O)NC2CCCC2)c1. The molecule has 2 amide bonds. The van der Waals surface area contributed by atoms with E-state index in [-0.39, 0.29) is 17.9 Å². The molecule has 2 N–H and O–H groups in total. The van der Waals surface area contributed by atoms with E-state index in [1.54, 1.807) is 24.3 Å². The Bertz CT molecular complexity index is 768. The molecule has 0 aliphatic heterocycles. The molecule has 0 atom stereocenters. The minimum absolute atomic E-state index is 0.104. The van der Waals surface area contributed by atoms with Crippen LogP contribution in [0, 0.1) is 0 Å². The third-order valence-electron chi connectivity index (χ3n) is 4.69. The van der Waals surface area contributed by atoms with Gasteiger partial charge < -0.3 is 10.6 Å². The topological polar surface area (TPSA) is 58.2 Å². The summed E-state index contributed by atoms with van der Waals surface area (Å²) in [5.74, 6) is -0.276. The van der Waals surface area contributed by atoms with Gasteiger partial charge in [0, 0.05) is 28.7 Å². The third-order valence-corrected chi connectivity index (χ3v) is 4.94. The maximum Gasteiger partial charge on any atom is 0.251 e. The largest absolute Gasteiger partial charge is 0.352 e. The smallest absolute Gasteiger partial charge is 0.251 e. The lowest BCUT2D eigenvalue weighted by molar-refractivity contribution is 0.0938. The number of benzene rings is 2. The summed E-state index contributed by atoms with van der Waals surface area (Å²) in [4.78, 5) is 24.7. The van der Waals surface area contributed by atoms with Crippen LogP contribution in [0.3, 0.4) is 0 Å². The molecule has 136 valence electrons. The normalized spacial score (nSPS) is 14.2. The summed E-state index contributed by atoms with van der Waals surface area (Å²) in [6.45, 7) is 0.527. The molecule has 2 aromatic carbocycles. The molecule has 0 spiro atoms. The predicted molar refractivity (Wildman–Crippen MR) is 104 cm³/mol. The van der Waals surface area contributed by atoms with Crippen molar-refractivity contribution < 1.29 is 9.59 Å². The average molecular weight is 371 g/mol. The first-order valence-corrected chi connectivity index (χ1v) is 9.43. The van der Waals surface area contributed by atoms with Crippen molar-refractivity contribution >= 4 is 23.4 Å². The highest BCUT2D eigenvalue weighted by atomic mass is 35.5. The lowest BCUT2D eigenvalue weighted by Gasteiger charge is -2.12.